The molecule has 0 aliphatic carbocycles. The molecular weight excluding hydrogens is 258 g/mol. The lowest BCUT2D eigenvalue weighted by Crippen LogP contribution is -2.34. The second-order valence-corrected chi connectivity index (χ2v) is 3.59. The highest BCUT2D eigenvalue weighted by Gasteiger charge is 2.28. The van der Waals surface area contributed by atoms with Crippen molar-refractivity contribution in [3.8, 4) is 0 Å². The number of hydrogen-bond donors (Lipinski definition) is 2. The van der Waals surface area contributed by atoms with E-state index in [9.17, 15) is 22.4 Å². The Morgan fingerprint density at radius 1 is 1.35 bits per heavy atom. The third kappa shape index (κ3) is 4.26. The minimum absolute atomic E-state index is 0.264. The molecule has 17 heavy (non-hydrogen) atoms. The van der Waals surface area contributed by atoms with Crippen LogP contribution in [0.1, 0.15) is 15.9 Å². The smallest absolute Gasteiger partial charge is 0.343 e. The summed E-state index contributed by atoms with van der Waals surface area (Å²) >= 11 is 3.92. The van der Waals surface area contributed by atoms with Crippen molar-refractivity contribution in [3.05, 3.63) is 35.1 Å². The maximum atomic E-state index is 13.2. The van der Waals surface area contributed by atoms with E-state index in [1.807, 2.05) is 0 Å². The molecule has 0 aliphatic rings. The van der Waals surface area contributed by atoms with E-state index in [2.05, 4.69) is 12.6 Å². The molecule has 0 fully saturated rings. The fraction of sp³-hybridized carbons (Fsp3) is 0.300. The Labute approximate surface area is 100 Å². The van der Waals surface area contributed by atoms with Gasteiger partial charge >= 0.3 is 6.18 Å². The van der Waals surface area contributed by atoms with Crippen molar-refractivity contribution in [2.75, 3.05) is 6.54 Å². The van der Waals surface area contributed by atoms with Gasteiger partial charge in [-0.25, -0.2) is 4.39 Å². The number of alkyl halides is 3. The second-order valence-electron chi connectivity index (χ2n) is 3.27. The first kappa shape index (κ1) is 13.8. The summed E-state index contributed by atoms with van der Waals surface area (Å²) in [7, 11) is 0. The molecule has 0 saturated heterocycles. The summed E-state index contributed by atoms with van der Waals surface area (Å²) in [5, 5.41) is 1.60. The number of carbonyl (C=O) groups is 1. The number of amides is 1. The first-order chi connectivity index (χ1) is 7.83. The molecule has 0 unspecified atom stereocenters. The van der Waals surface area contributed by atoms with Crippen molar-refractivity contribution in [1.29, 1.82) is 0 Å². The van der Waals surface area contributed by atoms with E-state index in [1.54, 1.807) is 5.32 Å². The maximum Gasteiger partial charge on any atom is 0.405 e. The summed E-state index contributed by atoms with van der Waals surface area (Å²) in [5.41, 5.74) is 0.132. The van der Waals surface area contributed by atoms with E-state index in [0.29, 0.717) is 5.56 Å². The number of halogens is 4. The lowest BCUT2D eigenvalue weighted by Gasteiger charge is -2.09. The number of nitrogens with one attached hydrogen (secondary N) is 1. The van der Waals surface area contributed by atoms with Crippen molar-refractivity contribution in [2.45, 2.75) is 11.9 Å². The van der Waals surface area contributed by atoms with Gasteiger partial charge in [0.1, 0.15) is 12.4 Å². The average Bonchev–Trinajstić information content (AvgIpc) is 2.25. The SMILES string of the molecule is O=C(NCC(F)(F)F)c1cc(CS)ccc1F. The van der Waals surface area contributed by atoms with Crippen molar-refractivity contribution < 1.29 is 22.4 Å². The van der Waals surface area contributed by atoms with Gasteiger partial charge in [0.05, 0.1) is 5.56 Å². The molecule has 0 radical (unpaired) electrons. The summed E-state index contributed by atoms with van der Waals surface area (Å²) in [5.74, 6) is -1.70. The van der Waals surface area contributed by atoms with Gasteiger partial charge in [0.2, 0.25) is 0 Å². The molecule has 1 aromatic rings. The molecule has 1 amide bonds. The Kier molecular flexibility index (Phi) is 4.39. The van der Waals surface area contributed by atoms with Gasteiger partial charge in [0, 0.05) is 5.75 Å². The number of carbonyl (C=O) groups excluding carboxylic acids is 1. The van der Waals surface area contributed by atoms with Crippen molar-refractivity contribution in [1.82, 2.24) is 5.32 Å². The van der Waals surface area contributed by atoms with Gasteiger partial charge in [-0.1, -0.05) is 6.07 Å². The van der Waals surface area contributed by atoms with Crippen LogP contribution in [0.3, 0.4) is 0 Å². The molecule has 1 rings (SSSR count). The highest BCUT2D eigenvalue weighted by atomic mass is 32.1. The molecule has 0 heterocycles. The van der Waals surface area contributed by atoms with E-state index in [0.717, 1.165) is 6.07 Å². The predicted molar refractivity (Wildman–Crippen MR) is 57.5 cm³/mol. The molecule has 0 bridgehead atoms. The first-order valence-electron chi connectivity index (χ1n) is 4.57. The minimum atomic E-state index is -4.52. The largest absolute Gasteiger partial charge is 0.405 e. The third-order valence-electron chi connectivity index (χ3n) is 1.91. The van der Waals surface area contributed by atoms with E-state index in [4.69, 9.17) is 0 Å². The van der Waals surface area contributed by atoms with Crippen molar-refractivity contribution >= 4 is 18.5 Å². The normalized spacial score (nSPS) is 11.4. The highest BCUT2D eigenvalue weighted by molar-refractivity contribution is 7.79. The zero-order valence-corrected chi connectivity index (χ0v) is 9.41. The van der Waals surface area contributed by atoms with E-state index in [-0.39, 0.29) is 5.75 Å². The molecule has 0 atom stereocenters. The van der Waals surface area contributed by atoms with Gasteiger partial charge in [0.15, 0.2) is 0 Å². The van der Waals surface area contributed by atoms with Crippen molar-refractivity contribution in [2.24, 2.45) is 0 Å². The van der Waals surface area contributed by atoms with Crippen LogP contribution < -0.4 is 5.32 Å². The van der Waals surface area contributed by atoms with Gasteiger partial charge in [0.25, 0.3) is 5.91 Å². The van der Waals surface area contributed by atoms with Crippen LogP contribution in [-0.2, 0) is 5.75 Å². The molecule has 1 N–H and O–H groups in total. The van der Waals surface area contributed by atoms with Gasteiger partial charge in [-0.2, -0.15) is 25.8 Å². The Morgan fingerprint density at radius 2 is 2.00 bits per heavy atom. The second kappa shape index (κ2) is 5.39. The molecule has 0 saturated carbocycles. The number of rotatable bonds is 3. The van der Waals surface area contributed by atoms with Crippen LogP contribution in [0.25, 0.3) is 0 Å². The fourth-order valence-electron chi connectivity index (χ4n) is 1.12. The quantitative estimate of drug-likeness (QED) is 0.639. The molecule has 94 valence electrons. The summed E-state index contributed by atoms with van der Waals surface area (Å²) in [4.78, 5) is 11.3. The van der Waals surface area contributed by atoms with Crippen LogP contribution in [0.5, 0.6) is 0 Å². The minimum Gasteiger partial charge on any atom is -0.343 e. The number of hydrogen-bond acceptors (Lipinski definition) is 2. The molecular formula is C10H9F4NOS. The maximum absolute atomic E-state index is 13.2. The summed E-state index contributed by atoms with van der Waals surface area (Å²) in [6, 6.07) is 3.60. The van der Waals surface area contributed by atoms with Crippen LogP contribution in [0, 0.1) is 5.82 Å². The van der Waals surface area contributed by atoms with Gasteiger partial charge < -0.3 is 5.32 Å². The number of thiol groups is 1. The predicted octanol–water partition coefficient (Wildman–Crippen LogP) is 2.55. The topological polar surface area (TPSA) is 29.1 Å². The number of benzene rings is 1. The Balaban J connectivity index is 2.81. The van der Waals surface area contributed by atoms with E-state index >= 15 is 0 Å². The highest BCUT2D eigenvalue weighted by Crippen LogP contribution is 2.15. The molecule has 0 aromatic heterocycles. The Bertz CT molecular complexity index is 419. The zero-order valence-electron chi connectivity index (χ0n) is 8.51. The monoisotopic (exact) mass is 267 g/mol. The first-order valence-corrected chi connectivity index (χ1v) is 5.21. The lowest BCUT2D eigenvalue weighted by atomic mass is 10.1. The van der Waals surface area contributed by atoms with Crippen LogP contribution in [0.15, 0.2) is 18.2 Å². The van der Waals surface area contributed by atoms with Gasteiger partial charge in [-0.05, 0) is 17.7 Å². The van der Waals surface area contributed by atoms with Crippen LogP contribution in [-0.4, -0.2) is 18.6 Å². The van der Waals surface area contributed by atoms with Gasteiger partial charge in [-0.15, -0.1) is 0 Å². The van der Waals surface area contributed by atoms with Crippen molar-refractivity contribution in [3.63, 3.8) is 0 Å². The zero-order chi connectivity index (χ0) is 13.1. The summed E-state index contributed by atoms with van der Waals surface area (Å²) < 4.78 is 48.8. The molecule has 1 aromatic carbocycles. The van der Waals surface area contributed by atoms with Crippen LogP contribution in [0.4, 0.5) is 17.6 Å². The van der Waals surface area contributed by atoms with E-state index < -0.39 is 30.0 Å². The van der Waals surface area contributed by atoms with Crippen LogP contribution in [0.2, 0.25) is 0 Å². The molecule has 7 heteroatoms. The van der Waals surface area contributed by atoms with E-state index in [1.165, 1.54) is 12.1 Å². The van der Waals surface area contributed by atoms with Gasteiger partial charge in [-0.3, -0.25) is 4.79 Å². The lowest BCUT2D eigenvalue weighted by molar-refractivity contribution is -0.123. The van der Waals surface area contributed by atoms with Crippen LogP contribution >= 0.6 is 12.6 Å². The standard InChI is InChI=1S/C10H9F4NOS/c11-8-2-1-6(4-17)3-7(8)9(16)15-5-10(12,13)14/h1-3,17H,4-5H2,(H,15,16). The summed E-state index contributed by atoms with van der Waals surface area (Å²) in [6.45, 7) is -1.49. The third-order valence-corrected chi connectivity index (χ3v) is 2.27. The average molecular weight is 267 g/mol. The molecule has 0 aliphatic heterocycles. The summed E-state index contributed by atoms with van der Waals surface area (Å²) in [6.07, 6.45) is -4.52. The molecule has 2 nitrogen and oxygen atoms in total. The molecule has 0 spiro atoms. The Morgan fingerprint density at radius 3 is 2.53 bits per heavy atom. The Hall–Kier alpha value is -1.24. The fourth-order valence-corrected chi connectivity index (χ4v) is 1.32.